The van der Waals surface area contributed by atoms with Crippen LogP contribution < -0.4 is 9.47 Å². The van der Waals surface area contributed by atoms with Gasteiger partial charge in [0, 0.05) is 5.56 Å². The van der Waals surface area contributed by atoms with Crippen molar-refractivity contribution >= 4 is 0 Å². The maximum Gasteiger partial charge on any atom is 0.122 e. The number of methoxy groups -OCH3 is 2. The molecule has 3 nitrogen and oxygen atoms in total. The number of rotatable bonds is 3. The molecule has 0 heterocycles. The van der Waals surface area contributed by atoms with Crippen LogP contribution >= 0.6 is 0 Å². The summed E-state index contributed by atoms with van der Waals surface area (Å²) >= 11 is 0. The summed E-state index contributed by atoms with van der Waals surface area (Å²) in [6, 6.07) is 5.86. The molecule has 1 aromatic carbocycles. The molecule has 2 rings (SSSR count). The third-order valence-corrected chi connectivity index (χ3v) is 3.85. The van der Waals surface area contributed by atoms with Gasteiger partial charge in [0.15, 0.2) is 0 Å². The summed E-state index contributed by atoms with van der Waals surface area (Å²) in [6.45, 7) is 2.10. The first-order valence-corrected chi connectivity index (χ1v) is 6.07. The number of hydrogen-bond acceptors (Lipinski definition) is 3. The molecule has 3 heteroatoms. The van der Waals surface area contributed by atoms with Gasteiger partial charge in [0.1, 0.15) is 11.5 Å². The average molecular weight is 236 g/mol. The van der Waals surface area contributed by atoms with Crippen molar-refractivity contribution in [1.29, 1.82) is 0 Å². The summed E-state index contributed by atoms with van der Waals surface area (Å²) in [5.41, 5.74) is 1.15. The highest BCUT2D eigenvalue weighted by Gasteiger charge is 2.34. The molecule has 0 aliphatic heterocycles. The minimum absolute atomic E-state index is 0.198. The van der Waals surface area contributed by atoms with Crippen LogP contribution in [0, 0.1) is 5.92 Å². The van der Waals surface area contributed by atoms with Gasteiger partial charge >= 0.3 is 0 Å². The van der Waals surface area contributed by atoms with E-state index in [1.54, 1.807) is 14.2 Å². The molecule has 1 aliphatic carbocycles. The zero-order chi connectivity index (χ0) is 12.4. The van der Waals surface area contributed by atoms with Crippen molar-refractivity contribution in [2.24, 2.45) is 5.92 Å². The van der Waals surface area contributed by atoms with Crippen LogP contribution in [0.3, 0.4) is 0 Å². The van der Waals surface area contributed by atoms with Gasteiger partial charge in [-0.2, -0.15) is 0 Å². The lowest BCUT2D eigenvalue weighted by Gasteiger charge is -2.20. The molecule has 0 bridgehead atoms. The fraction of sp³-hybridized carbons (Fsp3) is 0.571. The van der Waals surface area contributed by atoms with Crippen molar-refractivity contribution in [2.45, 2.75) is 31.8 Å². The Bertz CT molecular complexity index is 389. The molecule has 1 aromatic rings. The molecule has 0 saturated heterocycles. The summed E-state index contributed by atoms with van der Waals surface area (Å²) in [5.74, 6) is 2.36. The number of aliphatic hydroxyl groups excluding tert-OH is 1. The van der Waals surface area contributed by atoms with Crippen LogP contribution in [0.25, 0.3) is 0 Å². The zero-order valence-corrected chi connectivity index (χ0v) is 10.6. The highest BCUT2D eigenvalue weighted by atomic mass is 16.5. The molecule has 17 heavy (non-hydrogen) atoms. The standard InChI is InChI=1S/C14H20O3/c1-9-11(5-6-13(9)15)12-8-10(16-2)4-7-14(12)17-3/h4,7-9,11,13,15H,5-6H2,1-3H3. The minimum Gasteiger partial charge on any atom is -0.497 e. The van der Waals surface area contributed by atoms with Crippen LogP contribution in [0.5, 0.6) is 11.5 Å². The number of hydrogen-bond donors (Lipinski definition) is 1. The Hall–Kier alpha value is -1.22. The molecule has 0 amide bonds. The Labute approximate surface area is 102 Å². The smallest absolute Gasteiger partial charge is 0.122 e. The lowest BCUT2D eigenvalue weighted by Crippen LogP contribution is -2.14. The first-order valence-electron chi connectivity index (χ1n) is 6.07. The second-order valence-electron chi connectivity index (χ2n) is 4.72. The van der Waals surface area contributed by atoms with E-state index in [0.29, 0.717) is 5.92 Å². The van der Waals surface area contributed by atoms with Crippen LogP contribution in [-0.2, 0) is 0 Å². The van der Waals surface area contributed by atoms with Crippen LogP contribution in [0.4, 0.5) is 0 Å². The topological polar surface area (TPSA) is 38.7 Å². The molecule has 1 aliphatic rings. The quantitative estimate of drug-likeness (QED) is 0.876. The average Bonchev–Trinajstić information content (AvgIpc) is 2.69. The molecule has 1 fully saturated rings. The van der Waals surface area contributed by atoms with E-state index in [4.69, 9.17) is 9.47 Å². The van der Waals surface area contributed by atoms with Gasteiger partial charge < -0.3 is 14.6 Å². The first-order chi connectivity index (χ1) is 8.17. The summed E-state index contributed by atoms with van der Waals surface area (Å²) < 4.78 is 10.7. The van der Waals surface area contributed by atoms with Crippen LogP contribution in [0.1, 0.15) is 31.2 Å². The Balaban J connectivity index is 2.35. The number of aliphatic hydroxyl groups is 1. The van der Waals surface area contributed by atoms with Gasteiger partial charge in [-0.15, -0.1) is 0 Å². The third-order valence-electron chi connectivity index (χ3n) is 3.85. The Kier molecular flexibility index (Phi) is 3.57. The molecule has 0 aromatic heterocycles. The summed E-state index contributed by atoms with van der Waals surface area (Å²) in [6.07, 6.45) is 1.67. The van der Waals surface area contributed by atoms with Gasteiger partial charge in [0.05, 0.1) is 20.3 Å². The van der Waals surface area contributed by atoms with Crippen LogP contribution in [0.2, 0.25) is 0 Å². The Morgan fingerprint density at radius 1 is 1.18 bits per heavy atom. The second kappa shape index (κ2) is 4.96. The highest BCUT2D eigenvalue weighted by molar-refractivity contribution is 5.43. The Morgan fingerprint density at radius 3 is 2.47 bits per heavy atom. The van der Waals surface area contributed by atoms with Gasteiger partial charge in [-0.25, -0.2) is 0 Å². The summed E-state index contributed by atoms with van der Waals surface area (Å²) in [5, 5.41) is 9.85. The fourth-order valence-corrected chi connectivity index (χ4v) is 2.71. The monoisotopic (exact) mass is 236 g/mol. The summed E-state index contributed by atoms with van der Waals surface area (Å²) in [4.78, 5) is 0. The number of benzene rings is 1. The van der Waals surface area contributed by atoms with Crippen LogP contribution in [-0.4, -0.2) is 25.4 Å². The maximum absolute atomic E-state index is 9.85. The van der Waals surface area contributed by atoms with Gasteiger partial charge in [0.2, 0.25) is 0 Å². The second-order valence-corrected chi connectivity index (χ2v) is 4.72. The predicted octanol–water partition coefficient (Wildman–Crippen LogP) is 2.58. The molecule has 3 atom stereocenters. The fourth-order valence-electron chi connectivity index (χ4n) is 2.71. The molecule has 0 spiro atoms. The highest BCUT2D eigenvalue weighted by Crippen LogP contribution is 2.43. The number of ether oxygens (including phenoxy) is 2. The molecule has 1 saturated carbocycles. The van der Waals surface area contributed by atoms with Gasteiger partial charge in [-0.1, -0.05) is 6.92 Å². The third kappa shape index (κ3) is 2.25. The first kappa shape index (κ1) is 12.2. The predicted molar refractivity (Wildman–Crippen MR) is 66.7 cm³/mol. The van der Waals surface area contributed by atoms with E-state index in [1.807, 2.05) is 18.2 Å². The van der Waals surface area contributed by atoms with E-state index in [2.05, 4.69) is 6.92 Å². The largest absolute Gasteiger partial charge is 0.497 e. The Morgan fingerprint density at radius 2 is 1.94 bits per heavy atom. The molecular weight excluding hydrogens is 216 g/mol. The minimum atomic E-state index is -0.198. The van der Waals surface area contributed by atoms with Crippen molar-refractivity contribution in [3.05, 3.63) is 23.8 Å². The van der Waals surface area contributed by atoms with Crippen molar-refractivity contribution < 1.29 is 14.6 Å². The molecule has 0 radical (unpaired) electrons. The van der Waals surface area contributed by atoms with Crippen LogP contribution in [0.15, 0.2) is 18.2 Å². The van der Waals surface area contributed by atoms with E-state index in [0.717, 1.165) is 29.9 Å². The van der Waals surface area contributed by atoms with Crippen molar-refractivity contribution in [3.63, 3.8) is 0 Å². The maximum atomic E-state index is 9.85. The van der Waals surface area contributed by atoms with E-state index in [1.165, 1.54) is 0 Å². The van der Waals surface area contributed by atoms with E-state index >= 15 is 0 Å². The van der Waals surface area contributed by atoms with Crippen molar-refractivity contribution in [2.75, 3.05) is 14.2 Å². The van der Waals surface area contributed by atoms with E-state index in [9.17, 15) is 5.11 Å². The van der Waals surface area contributed by atoms with Gasteiger partial charge in [-0.05, 0) is 42.9 Å². The van der Waals surface area contributed by atoms with Gasteiger partial charge in [0.25, 0.3) is 0 Å². The molecular formula is C14H20O3. The molecule has 1 N–H and O–H groups in total. The van der Waals surface area contributed by atoms with E-state index in [-0.39, 0.29) is 12.0 Å². The lowest BCUT2D eigenvalue weighted by atomic mass is 9.89. The zero-order valence-electron chi connectivity index (χ0n) is 10.6. The normalized spacial score (nSPS) is 28.1. The van der Waals surface area contributed by atoms with Crippen molar-refractivity contribution in [1.82, 2.24) is 0 Å². The lowest BCUT2D eigenvalue weighted by molar-refractivity contribution is 0.136. The van der Waals surface area contributed by atoms with Gasteiger partial charge in [-0.3, -0.25) is 0 Å². The molecule has 3 unspecified atom stereocenters. The SMILES string of the molecule is COc1ccc(OC)c(C2CCC(O)C2C)c1. The van der Waals surface area contributed by atoms with Crippen molar-refractivity contribution in [3.8, 4) is 11.5 Å². The molecule has 94 valence electrons. The summed E-state index contributed by atoms with van der Waals surface area (Å²) in [7, 11) is 3.35. The van der Waals surface area contributed by atoms with E-state index < -0.39 is 0 Å².